The van der Waals surface area contributed by atoms with Gasteiger partial charge in [-0.2, -0.15) is 0 Å². The molecule has 4 nitrogen and oxygen atoms in total. The van der Waals surface area contributed by atoms with Crippen LogP contribution < -0.4 is 0 Å². The largest absolute Gasteiger partial charge is 0.465 e. The molecule has 0 N–H and O–H groups in total. The van der Waals surface area contributed by atoms with Crippen LogP contribution in [0, 0.1) is 5.92 Å². The third-order valence-corrected chi connectivity index (χ3v) is 4.10. The number of hydrogen-bond acceptors (Lipinski definition) is 4. The summed E-state index contributed by atoms with van der Waals surface area (Å²) in [5, 5.41) is 1.97. The topological polar surface area (TPSA) is 56.3 Å². The minimum absolute atomic E-state index is 0.216. The molecule has 0 amide bonds. The number of Topliss-reactive ketones (excluding diaryl/α,β-unsaturated/α-hetero) is 1. The Hall–Kier alpha value is -3.01. The smallest absolute Gasteiger partial charge is 0.317 e. The van der Waals surface area contributed by atoms with E-state index in [1.807, 2.05) is 36.4 Å². The van der Waals surface area contributed by atoms with Crippen molar-refractivity contribution in [3.63, 3.8) is 0 Å². The second-order valence-corrected chi connectivity index (χ2v) is 5.72. The van der Waals surface area contributed by atoms with Crippen LogP contribution >= 0.6 is 0 Å². The first-order valence-electron chi connectivity index (χ1n) is 8.29. The maximum atomic E-state index is 12.9. The van der Waals surface area contributed by atoms with Gasteiger partial charge in [0.05, 0.1) is 6.61 Å². The zero-order chi connectivity index (χ0) is 17.6. The molecule has 0 radical (unpaired) electrons. The van der Waals surface area contributed by atoms with E-state index in [2.05, 4.69) is 4.98 Å². The van der Waals surface area contributed by atoms with E-state index in [9.17, 15) is 9.59 Å². The first-order chi connectivity index (χ1) is 12.2. The van der Waals surface area contributed by atoms with Gasteiger partial charge in [0, 0.05) is 29.3 Å². The summed E-state index contributed by atoms with van der Waals surface area (Å²) in [4.78, 5) is 29.7. The lowest BCUT2D eigenvalue weighted by atomic mass is 9.91. The Bertz CT molecular complexity index is 885. The van der Waals surface area contributed by atoms with E-state index < -0.39 is 11.9 Å². The fourth-order valence-electron chi connectivity index (χ4n) is 2.87. The minimum Gasteiger partial charge on any atom is -0.465 e. The number of nitrogens with zero attached hydrogens (tertiary/aromatic N) is 1. The van der Waals surface area contributed by atoms with Crippen LogP contribution in [-0.4, -0.2) is 23.3 Å². The number of esters is 1. The fraction of sp³-hybridized carbons (Fsp3) is 0.190. The maximum Gasteiger partial charge on any atom is 0.317 e. The number of carbonyl (C=O) groups excluding carboxylic acids is 2. The molecule has 1 aromatic heterocycles. The monoisotopic (exact) mass is 333 g/mol. The number of rotatable bonds is 6. The van der Waals surface area contributed by atoms with Gasteiger partial charge in [0.25, 0.3) is 0 Å². The molecular formula is C21H19NO3. The van der Waals surface area contributed by atoms with Gasteiger partial charge < -0.3 is 4.74 Å². The molecule has 0 aliphatic rings. The van der Waals surface area contributed by atoms with Gasteiger partial charge in [-0.05, 0) is 18.4 Å². The average Bonchev–Trinajstić information content (AvgIpc) is 2.66. The van der Waals surface area contributed by atoms with Crippen LogP contribution in [0.1, 0.15) is 23.0 Å². The third-order valence-electron chi connectivity index (χ3n) is 4.10. The highest BCUT2D eigenvalue weighted by molar-refractivity contribution is 6.09. The van der Waals surface area contributed by atoms with E-state index in [1.165, 1.54) is 0 Å². The summed E-state index contributed by atoms with van der Waals surface area (Å²) in [7, 11) is 0. The van der Waals surface area contributed by atoms with Gasteiger partial charge in [0.15, 0.2) is 5.78 Å². The van der Waals surface area contributed by atoms with Crippen molar-refractivity contribution in [3.05, 3.63) is 78.1 Å². The van der Waals surface area contributed by atoms with Crippen molar-refractivity contribution < 1.29 is 14.3 Å². The van der Waals surface area contributed by atoms with E-state index in [4.69, 9.17) is 4.74 Å². The fourth-order valence-corrected chi connectivity index (χ4v) is 2.87. The molecule has 0 spiro atoms. The van der Waals surface area contributed by atoms with Gasteiger partial charge in [0.2, 0.25) is 0 Å². The van der Waals surface area contributed by atoms with Crippen LogP contribution in [0.15, 0.2) is 66.9 Å². The Kier molecular flexibility index (Phi) is 5.19. The quantitative estimate of drug-likeness (QED) is 0.391. The molecule has 0 aliphatic heterocycles. The summed E-state index contributed by atoms with van der Waals surface area (Å²) in [5.74, 6) is -1.65. The Labute approximate surface area is 146 Å². The Morgan fingerprint density at radius 3 is 2.48 bits per heavy atom. The molecule has 0 saturated heterocycles. The highest BCUT2D eigenvalue weighted by Crippen LogP contribution is 2.22. The molecule has 4 heteroatoms. The van der Waals surface area contributed by atoms with Crippen molar-refractivity contribution in [1.82, 2.24) is 4.98 Å². The predicted molar refractivity (Wildman–Crippen MR) is 96.3 cm³/mol. The summed E-state index contributed by atoms with van der Waals surface area (Å²) in [6.45, 7) is 1.97. The first kappa shape index (κ1) is 16.8. The van der Waals surface area contributed by atoms with Crippen molar-refractivity contribution in [2.24, 2.45) is 5.92 Å². The molecule has 0 saturated carbocycles. The second-order valence-electron chi connectivity index (χ2n) is 5.72. The van der Waals surface area contributed by atoms with Crippen LogP contribution in [0.5, 0.6) is 0 Å². The van der Waals surface area contributed by atoms with E-state index >= 15 is 0 Å². The van der Waals surface area contributed by atoms with Gasteiger partial charge in [-0.1, -0.05) is 54.6 Å². The predicted octanol–water partition coefficient (Wildman–Crippen LogP) is 3.84. The molecule has 0 aliphatic carbocycles. The van der Waals surface area contributed by atoms with Gasteiger partial charge in [0.1, 0.15) is 5.92 Å². The molecule has 2 aromatic carbocycles. The number of benzene rings is 2. The number of carbonyl (C=O) groups is 2. The SMILES string of the molecule is CCOC(=O)C(Cc1nccc2ccccc12)C(=O)c1ccccc1. The zero-order valence-corrected chi connectivity index (χ0v) is 14.0. The van der Waals surface area contributed by atoms with E-state index in [0.717, 1.165) is 16.5 Å². The highest BCUT2D eigenvalue weighted by Gasteiger charge is 2.30. The number of hydrogen-bond donors (Lipinski definition) is 0. The van der Waals surface area contributed by atoms with Crippen molar-refractivity contribution in [1.29, 1.82) is 0 Å². The first-order valence-corrected chi connectivity index (χ1v) is 8.29. The van der Waals surface area contributed by atoms with Crippen molar-refractivity contribution in [2.45, 2.75) is 13.3 Å². The number of ketones is 1. The molecule has 126 valence electrons. The molecule has 0 bridgehead atoms. The minimum atomic E-state index is -0.902. The standard InChI is InChI=1S/C21H19NO3/c1-2-25-21(24)18(20(23)16-9-4-3-5-10-16)14-19-17-11-7-6-8-15(17)12-13-22-19/h3-13,18H,2,14H2,1H3. The van der Waals surface area contributed by atoms with Crippen molar-refractivity contribution in [3.8, 4) is 0 Å². The average molecular weight is 333 g/mol. The van der Waals surface area contributed by atoms with Gasteiger partial charge in [-0.3, -0.25) is 14.6 Å². The summed E-state index contributed by atoms with van der Waals surface area (Å²) < 4.78 is 5.14. The number of fused-ring (bicyclic) bond motifs is 1. The van der Waals surface area contributed by atoms with Crippen LogP contribution in [0.2, 0.25) is 0 Å². The number of pyridine rings is 1. The Morgan fingerprint density at radius 1 is 1.00 bits per heavy atom. The molecule has 3 rings (SSSR count). The van der Waals surface area contributed by atoms with E-state index in [0.29, 0.717) is 5.56 Å². The number of aromatic nitrogens is 1. The normalized spacial score (nSPS) is 11.9. The Balaban J connectivity index is 1.97. The molecule has 1 atom stereocenters. The van der Waals surface area contributed by atoms with E-state index in [1.54, 1.807) is 37.4 Å². The van der Waals surface area contributed by atoms with Gasteiger partial charge in [-0.15, -0.1) is 0 Å². The lowest BCUT2D eigenvalue weighted by Crippen LogP contribution is -2.28. The summed E-state index contributed by atoms with van der Waals surface area (Å²) in [5.41, 5.74) is 1.22. The third kappa shape index (κ3) is 3.74. The summed E-state index contributed by atoms with van der Waals surface area (Å²) in [6.07, 6.45) is 1.92. The lowest BCUT2D eigenvalue weighted by molar-refractivity contribution is -0.146. The summed E-state index contributed by atoms with van der Waals surface area (Å²) in [6, 6.07) is 18.6. The van der Waals surface area contributed by atoms with Crippen LogP contribution in [0.25, 0.3) is 10.8 Å². The Morgan fingerprint density at radius 2 is 1.72 bits per heavy atom. The van der Waals surface area contributed by atoms with E-state index in [-0.39, 0.29) is 18.8 Å². The van der Waals surface area contributed by atoms with Crippen LogP contribution in [-0.2, 0) is 16.0 Å². The molecule has 0 fully saturated rings. The number of ether oxygens (including phenoxy) is 1. The van der Waals surface area contributed by atoms with Crippen LogP contribution in [0.4, 0.5) is 0 Å². The molecular weight excluding hydrogens is 314 g/mol. The maximum absolute atomic E-state index is 12.9. The molecule has 25 heavy (non-hydrogen) atoms. The molecule has 1 heterocycles. The lowest BCUT2D eigenvalue weighted by Gasteiger charge is -2.15. The van der Waals surface area contributed by atoms with Crippen molar-refractivity contribution >= 4 is 22.5 Å². The van der Waals surface area contributed by atoms with Gasteiger partial charge >= 0.3 is 5.97 Å². The molecule has 3 aromatic rings. The van der Waals surface area contributed by atoms with Gasteiger partial charge in [-0.25, -0.2) is 0 Å². The second kappa shape index (κ2) is 7.71. The van der Waals surface area contributed by atoms with Crippen molar-refractivity contribution in [2.75, 3.05) is 6.61 Å². The van der Waals surface area contributed by atoms with Crippen LogP contribution in [0.3, 0.4) is 0 Å². The zero-order valence-electron chi connectivity index (χ0n) is 14.0. The highest BCUT2D eigenvalue weighted by atomic mass is 16.5. The summed E-state index contributed by atoms with van der Waals surface area (Å²) >= 11 is 0. The molecule has 1 unspecified atom stereocenters.